The molecule has 1 atom stereocenters. The molecule has 1 aliphatic heterocycles. The molecule has 0 aromatic heterocycles. The Bertz CT molecular complexity index is 320. The standard InChI is InChI=1S/C14H28N4O2/c1-11(2)9-17-14(20)16-6-4-8-18-7-3-5-12(10-18)13(15)19/h11-12H,3-10H2,1-2H3,(H2,15,19)(H2,16,17,20). The molecule has 4 N–H and O–H groups in total. The molecule has 3 amide bonds. The smallest absolute Gasteiger partial charge is 0.314 e. The summed E-state index contributed by atoms with van der Waals surface area (Å²) in [6.45, 7) is 8.14. The van der Waals surface area contributed by atoms with Gasteiger partial charge in [0.25, 0.3) is 0 Å². The minimum atomic E-state index is -0.194. The number of carbonyl (C=O) groups excluding carboxylic acids is 2. The SMILES string of the molecule is CC(C)CNC(=O)NCCCN1CCCC(C(N)=O)C1. The van der Waals surface area contributed by atoms with Crippen molar-refractivity contribution < 1.29 is 9.59 Å². The van der Waals surface area contributed by atoms with E-state index in [2.05, 4.69) is 29.4 Å². The maximum atomic E-state index is 11.4. The van der Waals surface area contributed by atoms with E-state index < -0.39 is 0 Å². The summed E-state index contributed by atoms with van der Waals surface area (Å²) in [5.41, 5.74) is 5.35. The molecule has 0 bridgehead atoms. The molecule has 1 aliphatic rings. The summed E-state index contributed by atoms with van der Waals surface area (Å²) in [5.74, 6) is 0.256. The normalized spacial score (nSPS) is 19.9. The van der Waals surface area contributed by atoms with Crippen LogP contribution in [0.1, 0.15) is 33.1 Å². The average Bonchev–Trinajstić information content (AvgIpc) is 2.41. The lowest BCUT2D eigenvalue weighted by Gasteiger charge is -2.31. The van der Waals surface area contributed by atoms with E-state index in [9.17, 15) is 9.59 Å². The van der Waals surface area contributed by atoms with Gasteiger partial charge in [-0.25, -0.2) is 4.79 Å². The lowest BCUT2D eigenvalue weighted by Crippen LogP contribution is -2.42. The van der Waals surface area contributed by atoms with Crippen molar-refractivity contribution >= 4 is 11.9 Å². The Kier molecular flexibility index (Phi) is 7.36. The fourth-order valence-electron chi connectivity index (χ4n) is 2.35. The molecule has 0 radical (unpaired) electrons. The molecule has 0 saturated carbocycles. The largest absolute Gasteiger partial charge is 0.369 e. The number of primary amides is 1. The molecule has 6 heteroatoms. The summed E-state index contributed by atoms with van der Waals surface area (Å²) in [4.78, 5) is 24.9. The summed E-state index contributed by atoms with van der Waals surface area (Å²) >= 11 is 0. The second-order valence-electron chi connectivity index (χ2n) is 5.93. The number of rotatable bonds is 7. The van der Waals surface area contributed by atoms with E-state index >= 15 is 0 Å². The molecular weight excluding hydrogens is 256 g/mol. The highest BCUT2D eigenvalue weighted by Gasteiger charge is 2.23. The number of urea groups is 1. The predicted molar refractivity (Wildman–Crippen MR) is 79.2 cm³/mol. The van der Waals surface area contributed by atoms with Gasteiger partial charge < -0.3 is 21.3 Å². The van der Waals surface area contributed by atoms with E-state index in [0.717, 1.165) is 38.9 Å². The van der Waals surface area contributed by atoms with E-state index in [4.69, 9.17) is 5.73 Å². The van der Waals surface area contributed by atoms with Crippen LogP contribution in [-0.2, 0) is 4.79 Å². The van der Waals surface area contributed by atoms with E-state index in [1.54, 1.807) is 0 Å². The van der Waals surface area contributed by atoms with Gasteiger partial charge in [-0.15, -0.1) is 0 Å². The van der Waals surface area contributed by atoms with Crippen molar-refractivity contribution in [2.45, 2.75) is 33.1 Å². The third-order valence-electron chi connectivity index (χ3n) is 3.52. The first kappa shape index (κ1) is 16.8. The van der Waals surface area contributed by atoms with Gasteiger partial charge in [0.15, 0.2) is 0 Å². The highest BCUT2D eigenvalue weighted by Crippen LogP contribution is 2.15. The molecule has 1 heterocycles. The summed E-state index contributed by atoms with van der Waals surface area (Å²) in [7, 11) is 0. The van der Waals surface area contributed by atoms with Crippen molar-refractivity contribution in [3.8, 4) is 0 Å². The Morgan fingerprint density at radius 1 is 1.35 bits per heavy atom. The molecule has 1 fully saturated rings. The number of nitrogens with two attached hydrogens (primary N) is 1. The summed E-state index contributed by atoms with van der Waals surface area (Å²) in [6, 6.07) is -0.104. The Morgan fingerprint density at radius 2 is 2.10 bits per heavy atom. The van der Waals surface area contributed by atoms with Gasteiger partial charge in [0.2, 0.25) is 5.91 Å². The van der Waals surface area contributed by atoms with Gasteiger partial charge in [-0.05, 0) is 38.3 Å². The highest BCUT2D eigenvalue weighted by atomic mass is 16.2. The lowest BCUT2D eigenvalue weighted by molar-refractivity contribution is -0.123. The van der Waals surface area contributed by atoms with Crippen molar-refractivity contribution in [2.24, 2.45) is 17.6 Å². The molecular formula is C14H28N4O2. The number of nitrogens with zero attached hydrogens (tertiary/aromatic N) is 1. The number of carbonyl (C=O) groups is 2. The van der Waals surface area contributed by atoms with E-state index in [0.29, 0.717) is 19.0 Å². The zero-order valence-electron chi connectivity index (χ0n) is 12.7. The van der Waals surface area contributed by atoms with Crippen molar-refractivity contribution in [1.29, 1.82) is 0 Å². The number of piperidine rings is 1. The third kappa shape index (κ3) is 6.75. The van der Waals surface area contributed by atoms with Crippen molar-refractivity contribution in [1.82, 2.24) is 15.5 Å². The Hall–Kier alpha value is -1.30. The van der Waals surface area contributed by atoms with Crippen LogP contribution in [0.4, 0.5) is 4.79 Å². The van der Waals surface area contributed by atoms with Crippen LogP contribution in [-0.4, -0.2) is 49.6 Å². The van der Waals surface area contributed by atoms with Crippen LogP contribution in [0.3, 0.4) is 0 Å². The average molecular weight is 284 g/mol. The lowest BCUT2D eigenvalue weighted by atomic mass is 9.97. The van der Waals surface area contributed by atoms with E-state index in [1.165, 1.54) is 0 Å². The maximum Gasteiger partial charge on any atom is 0.314 e. The van der Waals surface area contributed by atoms with Crippen LogP contribution in [0.15, 0.2) is 0 Å². The Morgan fingerprint density at radius 3 is 2.75 bits per heavy atom. The summed E-state index contributed by atoms with van der Waals surface area (Å²) in [5, 5.41) is 5.66. The first-order valence-corrected chi connectivity index (χ1v) is 7.52. The highest BCUT2D eigenvalue weighted by molar-refractivity contribution is 5.77. The van der Waals surface area contributed by atoms with Gasteiger partial charge in [0.1, 0.15) is 0 Å². The van der Waals surface area contributed by atoms with Gasteiger partial charge in [0, 0.05) is 19.6 Å². The number of hydrogen-bond donors (Lipinski definition) is 3. The minimum absolute atomic E-state index is 0.00829. The van der Waals surface area contributed by atoms with Crippen molar-refractivity contribution in [2.75, 3.05) is 32.7 Å². The van der Waals surface area contributed by atoms with Crippen LogP contribution in [0.5, 0.6) is 0 Å². The summed E-state index contributed by atoms with van der Waals surface area (Å²) < 4.78 is 0. The van der Waals surface area contributed by atoms with Crippen molar-refractivity contribution in [3.63, 3.8) is 0 Å². The molecule has 6 nitrogen and oxygen atoms in total. The van der Waals surface area contributed by atoms with Gasteiger partial charge >= 0.3 is 6.03 Å². The van der Waals surface area contributed by atoms with E-state index in [1.807, 2.05) is 0 Å². The molecule has 0 aromatic carbocycles. The molecule has 1 unspecified atom stereocenters. The first-order chi connectivity index (χ1) is 9.49. The van der Waals surface area contributed by atoms with Gasteiger partial charge in [0.05, 0.1) is 5.92 Å². The van der Waals surface area contributed by atoms with Gasteiger partial charge in [-0.3, -0.25) is 4.79 Å². The molecule has 1 rings (SSSR count). The predicted octanol–water partition coefficient (Wildman–Crippen LogP) is 0.529. The molecule has 1 saturated heterocycles. The fourth-order valence-corrected chi connectivity index (χ4v) is 2.35. The zero-order chi connectivity index (χ0) is 15.0. The van der Waals surface area contributed by atoms with Crippen molar-refractivity contribution in [3.05, 3.63) is 0 Å². The third-order valence-corrected chi connectivity index (χ3v) is 3.52. The monoisotopic (exact) mass is 284 g/mol. The summed E-state index contributed by atoms with van der Waals surface area (Å²) in [6.07, 6.45) is 2.82. The van der Waals surface area contributed by atoms with Crippen LogP contribution in [0, 0.1) is 11.8 Å². The minimum Gasteiger partial charge on any atom is -0.369 e. The molecule has 0 aliphatic carbocycles. The number of hydrogen-bond acceptors (Lipinski definition) is 3. The number of nitrogens with one attached hydrogen (secondary N) is 2. The zero-order valence-corrected chi connectivity index (χ0v) is 12.7. The fraction of sp³-hybridized carbons (Fsp3) is 0.857. The molecule has 116 valence electrons. The topological polar surface area (TPSA) is 87.5 Å². The molecule has 20 heavy (non-hydrogen) atoms. The van der Waals surface area contributed by atoms with Crippen LogP contribution >= 0.6 is 0 Å². The second-order valence-corrected chi connectivity index (χ2v) is 5.93. The number of amides is 3. The first-order valence-electron chi connectivity index (χ1n) is 7.52. The molecule has 0 aromatic rings. The van der Waals surface area contributed by atoms with Crippen LogP contribution < -0.4 is 16.4 Å². The second kappa shape index (κ2) is 8.79. The Balaban J connectivity index is 2.09. The quantitative estimate of drug-likeness (QED) is 0.596. The Labute approximate surface area is 121 Å². The van der Waals surface area contributed by atoms with Gasteiger partial charge in [-0.2, -0.15) is 0 Å². The maximum absolute atomic E-state index is 11.4. The molecule has 0 spiro atoms. The number of likely N-dealkylation sites (tertiary alicyclic amines) is 1. The van der Waals surface area contributed by atoms with Crippen LogP contribution in [0.25, 0.3) is 0 Å². The van der Waals surface area contributed by atoms with E-state index in [-0.39, 0.29) is 17.9 Å². The van der Waals surface area contributed by atoms with Gasteiger partial charge in [-0.1, -0.05) is 13.8 Å². The van der Waals surface area contributed by atoms with Crippen LogP contribution in [0.2, 0.25) is 0 Å².